The Hall–Kier alpha value is -0.840. The van der Waals surface area contributed by atoms with Gasteiger partial charge in [0.05, 0.1) is 11.1 Å². The SMILES string of the molecule is O=C(O)c1ccccc1C(=O)O.[CH2-]C.[Na+]. The number of carbonyl (C=O) groups is 2. The second kappa shape index (κ2) is 8.47. The topological polar surface area (TPSA) is 74.6 Å². The van der Waals surface area contributed by atoms with Gasteiger partial charge in [-0.3, -0.25) is 0 Å². The minimum Gasteiger partial charge on any atom is -0.478 e. The van der Waals surface area contributed by atoms with Gasteiger partial charge in [-0.05, 0) is 12.1 Å². The van der Waals surface area contributed by atoms with Gasteiger partial charge in [-0.2, -0.15) is 6.92 Å². The molecule has 0 aliphatic rings. The van der Waals surface area contributed by atoms with E-state index in [0.717, 1.165) is 0 Å². The molecule has 15 heavy (non-hydrogen) atoms. The molecule has 1 aromatic rings. The molecule has 0 aromatic heterocycles. The third kappa shape index (κ3) is 4.97. The molecule has 0 amide bonds. The molecule has 0 spiro atoms. The molecule has 0 aliphatic carbocycles. The summed E-state index contributed by atoms with van der Waals surface area (Å²) in [5.74, 6) is -2.46. The van der Waals surface area contributed by atoms with Crippen LogP contribution in [-0.4, -0.2) is 22.2 Å². The Morgan fingerprint density at radius 3 is 1.47 bits per heavy atom. The summed E-state index contributed by atoms with van der Waals surface area (Å²) >= 11 is 0. The number of rotatable bonds is 2. The van der Waals surface area contributed by atoms with Crippen LogP contribution in [0, 0.1) is 6.92 Å². The van der Waals surface area contributed by atoms with Gasteiger partial charge in [0.15, 0.2) is 0 Å². The first kappa shape index (κ1) is 16.6. The average molecular weight is 218 g/mol. The fraction of sp³-hybridized carbons (Fsp3) is 0.100. The van der Waals surface area contributed by atoms with Crippen molar-refractivity contribution in [2.75, 3.05) is 0 Å². The third-order valence-corrected chi connectivity index (χ3v) is 1.39. The van der Waals surface area contributed by atoms with Crippen molar-refractivity contribution in [2.45, 2.75) is 6.92 Å². The van der Waals surface area contributed by atoms with Crippen LogP contribution in [0.2, 0.25) is 0 Å². The van der Waals surface area contributed by atoms with Gasteiger partial charge in [0.2, 0.25) is 0 Å². The molecular weight excluding hydrogens is 207 g/mol. The standard InChI is InChI=1S/C8H6O4.C2H5.Na/c9-7(10)5-3-1-2-4-6(5)8(11)12;1-2;/h1-4H,(H,9,10)(H,11,12);1H2,2H3;/q;-1;+1. The van der Waals surface area contributed by atoms with Gasteiger partial charge in [-0.15, -0.1) is 0 Å². The van der Waals surface area contributed by atoms with Gasteiger partial charge >= 0.3 is 41.5 Å². The van der Waals surface area contributed by atoms with Crippen molar-refractivity contribution in [3.8, 4) is 0 Å². The Kier molecular flexibility index (Phi) is 9.36. The number of carboxylic acid groups (broad SMARTS) is 2. The summed E-state index contributed by atoms with van der Waals surface area (Å²) in [5, 5.41) is 17.1. The summed E-state index contributed by atoms with van der Waals surface area (Å²) in [5.41, 5.74) is -0.380. The van der Waals surface area contributed by atoms with E-state index in [9.17, 15) is 9.59 Å². The zero-order valence-electron chi connectivity index (χ0n) is 8.73. The molecule has 0 bridgehead atoms. The molecule has 0 heterocycles. The Balaban J connectivity index is 0. The van der Waals surface area contributed by atoms with Crippen molar-refractivity contribution < 1.29 is 49.4 Å². The van der Waals surface area contributed by atoms with Crippen LogP contribution >= 0.6 is 0 Å². The maximum atomic E-state index is 10.5. The molecule has 0 atom stereocenters. The van der Waals surface area contributed by atoms with E-state index in [2.05, 4.69) is 6.92 Å². The molecule has 0 saturated carbocycles. The molecule has 1 rings (SSSR count). The van der Waals surface area contributed by atoms with Crippen LogP contribution in [0.4, 0.5) is 0 Å². The molecule has 76 valence electrons. The number of carboxylic acids is 2. The third-order valence-electron chi connectivity index (χ3n) is 1.39. The van der Waals surface area contributed by atoms with Crippen molar-refractivity contribution in [3.63, 3.8) is 0 Å². The van der Waals surface area contributed by atoms with E-state index in [1.165, 1.54) is 24.3 Å². The summed E-state index contributed by atoms with van der Waals surface area (Å²) in [6.45, 7) is 5.00. The average Bonchev–Trinajstić information content (AvgIpc) is 2.20. The Morgan fingerprint density at radius 1 is 1.00 bits per heavy atom. The first-order chi connectivity index (χ1) is 6.63. The van der Waals surface area contributed by atoms with E-state index < -0.39 is 11.9 Å². The van der Waals surface area contributed by atoms with Gasteiger partial charge in [0.25, 0.3) is 0 Å². The molecular formula is C10H11NaO4. The minimum absolute atomic E-state index is 0. The summed E-state index contributed by atoms with van der Waals surface area (Å²) in [7, 11) is 0. The van der Waals surface area contributed by atoms with E-state index >= 15 is 0 Å². The monoisotopic (exact) mass is 218 g/mol. The first-order valence-corrected chi connectivity index (χ1v) is 3.89. The van der Waals surface area contributed by atoms with Crippen molar-refractivity contribution in [3.05, 3.63) is 42.3 Å². The molecule has 0 radical (unpaired) electrons. The number of benzene rings is 1. The van der Waals surface area contributed by atoms with Crippen molar-refractivity contribution in [1.82, 2.24) is 0 Å². The van der Waals surface area contributed by atoms with Crippen LogP contribution in [0.15, 0.2) is 24.3 Å². The number of hydrogen-bond acceptors (Lipinski definition) is 2. The number of hydrogen-bond donors (Lipinski definition) is 2. The van der Waals surface area contributed by atoms with Crippen molar-refractivity contribution in [2.24, 2.45) is 0 Å². The molecule has 1 aromatic carbocycles. The van der Waals surface area contributed by atoms with Gasteiger partial charge in [-0.1, -0.05) is 12.1 Å². The summed E-state index contributed by atoms with van der Waals surface area (Å²) in [6.07, 6.45) is 0. The molecule has 2 N–H and O–H groups in total. The second-order valence-corrected chi connectivity index (χ2v) is 2.16. The fourth-order valence-electron chi connectivity index (χ4n) is 0.856. The molecule has 0 saturated heterocycles. The van der Waals surface area contributed by atoms with E-state index in [0.29, 0.717) is 0 Å². The van der Waals surface area contributed by atoms with E-state index in [-0.39, 0.29) is 40.7 Å². The maximum absolute atomic E-state index is 10.5. The first-order valence-electron chi connectivity index (χ1n) is 3.89. The smallest absolute Gasteiger partial charge is 0.478 e. The Morgan fingerprint density at radius 2 is 1.27 bits per heavy atom. The zero-order valence-corrected chi connectivity index (χ0v) is 10.7. The predicted molar refractivity (Wildman–Crippen MR) is 51.4 cm³/mol. The van der Waals surface area contributed by atoms with Gasteiger partial charge in [-0.25, -0.2) is 9.59 Å². The van der Waals surface area contributed by atoms with Crippen LogP contribution in [0.1, 0.15) is 27.6 Å². The van der Waals surface area contributed by atoms with Crippen molar-refractivity contribution in [1.29, 1.82) is 0 Å². The molecule has 5 heteroatoms. The van der Waals surface area contributed by atoms with Gasteiger partial charge in [0.1, 0.15) is 0 Å². The zero-order chi connectivity index (χ0) is 11.1. The van der Waals surface area contributed by atoms with Crippen LogP contribution in [-0.2, 0) is 0 Å². The largest absolute Gasteiger partial charge is 1.00 e. The van der Waals surface area contributed by atoms with Crippen molar-refractivity contribution >= 4 is 11.9 Å². The Bertz CT molecular complexity index is 303. The van der Waals surface area contributed by atoms with Gasteiger partial charge < -0.3 is 17.1 Å². The molecule has 0 unspecified atom stereocenters. The minimum atomic E-state index is -1.23. The quantitative estimate of drug-likeness (QED) is 0.489. The van der Waals surface area contributed by atoms with Gasteiger partial charge in [0, 0.05) is 0 Å². The van der Waals surface area contributed by atoms with E-state index in [1.807, 2.05) is 0 Å². The van der Waals surface area contributed by atoms with E-state index in [1.54, 1.807) is 6.92 Å². The maximum Gasteiger partial charge on any atom is 1.00 e. The normalized spacial score (nSPS) is 7.87. The summed E-state index contributed by atoms with van der Waals surface area (Å²) < 4.78 is 0. The predicted octanol–water partition coefficient (Wildman–Crippen LogP) is -1.07. The summed E-state index contributed by atoms with van der Waals surface area (Å²) in [4.78, 5) is 20.9. The molecule has 0 fully saturated rings. The number of aromatic carboxylic acids is 2. The fourth-order valence-corrected chi connectivity index (χ4v) is 0.856. The summed E-state index contributed by atoms with van der Waals surface area (Å²) in [6, 6.07) is 5.48. The van der Waals surface area contributed by atoms with Crippen LogP contribution in [0.5, 0.6) is 0 Å². The second-order valence-electron chi connectivity index (χ2n) is 2.16. The molecule has 0 aliphatic heterocycles. The van der Waals surface area contributed by atoms with Crippen LogP contribution in [0.3, 0.4) is 0 Å². The van der Waals surface area contributed by atoms with E-state index in [4.69, 9.17) is 10.2 Å². The molecule has 4 nitrogen and oxygen atoms in total. The Labute approximate surface area is 110 Å². The van der Waals surface area contributed by atoms with Crippen LogP contribution < -0.4 is 29.6 Å². The van der Waals surface area contributed by atoms with Crippen LogP contribution in [0.25, 0.3) is 0 Å².